The van der Waals surface area contributed by atoms with E-state index in [9.17, 15) is 39.6 Å². The number of nitrogens with one attached hydrogen (secondary N) is 1. The van der Waals surface area contributed by atoms with Crippen molar-refractivity contribution in [3.8, 4) is 16.9 Å². The molecule has 2 unspecified atom stereocenters. The van der Waals surface area contributed by atoms with Crippen LogP contribution in [0.15, 0.2) is 41.7 Å². The molecule has 0 aromatic heterocycles. The maximum absolute atomic E-state index is 14.2. The second-order valence-corrected chi connectivity index (χ2v) is 12.1. The van der Waals surface area contributed by atoms with Crippen LogP contribution in [0.4, 0.5) is 11.4 Å². The number of phenolic OH excluding ortho intramolecular Hbond substituents is 1. The van der Waals surface area contributed by atoms with E-state index >= 15 is 0 Å². The number of likely N-dealkylation sites (N-methyl/N-ethyl adjacent to an activating group) is 1. The van der Waals surface area contributed by atoms with E-state index in [2.05, 4.69) is 5.32 Å². The van der Waals surface area contributed by atoms with Crippen LogP contribution in [0, 0.1) is 17.8 Å². The molecule has 12 heteroatoms. The van der Waals surface area contributed by atoms with Gasteiger partial charge in [-0.25, -0.2) is 0 Å². The van der Waals surface area contributed by atoms with Gasteiger partial charge in [0.25, 0.3) is 0 Å². The quantitative estimate of drug-likeness (QED) is 0.273. The Morgan fingerprint density at radius 1 is 1.09 bits per heavy atom. The van der Waals surface area contributed by atoms with E-state index in [-0.39, 0.29) is 35.6 Å². The predicted molar refractivity (Wildman–Crippen MR) is 158 cm³/mol. The molecule has 0 radical (unpaired) electrons. The van der Waals surface area contributed by atoms with Gasteiger partial charge in [0.15, 0.2) is 17.2 Å². The van der Waals surface area contributed by atoms with Crippen LogP contribution in [0.2, 0.25) is 0 Å². The lowest BCUT2D eigenvalue weighted by Gasteiger charge is -2.53. The van der Waals surface area contributed by atoms with E-state index < -0.39 is 58.7 Å². The van der Waals surface area contributed by atoms with Crippen LogP contribution in [0.25, 0.3) is 11.1 Å². The molecule has 12 nitrogen and oxygen atoms in total. The Hall–Kier alpha value is -4.26. The van der Waals surface area contributed by atoms with Gasteiger partial charge in [-0.2, -0.15) is 0 Å². The standard InChI is InChI=1S/C31H36N4O8/c1-13(36)33-16-8-6-7-14(9-16)17-12-20(34(2)3)18-10-15-11-19-24(35(4)5)27(39)23(30(32)42)29(41)31(19,43)28(40)21(15)26(38)22(18)25(17)37/h6-9,12,15,19,23-24,27,37,39-40,43H,10-11H2,1-5H3,(H2,32,42)(H,33,36)/t15-,19-,23?,24-,27?,31-/m0/s1. The van der Waals surface area contributed by atoms with Gasteiger partial charge < -0.3 is 41.3 Å². The van der Waals surface area contributed by atoms with Crippen LogP contribution in [-0.2, 0) is 20.8 Å². The highest BCUT2D eigenvalue weighted by atomic mass is 16.4. The van der Waals surface area contributed by atoms with Crippen molar-refractivity contribution < 1.29 is 39.6 Å². The maximum atomic E-state index is 14.2. The van der Waals surface area contributed by atoms with Gasteiger partial charge in [-0.1, -0.05) is 12.1 Å². The number of nitrogens with two attached hydrogens (primary N) is 1. The van der Waals surface area contributed by atoms with Crippen LogP contribution >= 0.6 is 0 Å². The normalized spacial score (nSPS) is 28.2. The number of hydrogen-bond acceptors (Lipinski definition) is 10. The van der Waals surface area contributed by atoms with Crippen LogP contribution in [0.1, 0.15) is 29.3 Å². The number of amides is 2. The molecule has 0 heterocycles. The zero-order valence-corrected chi connectivity index (χ0v) is 24.6. The minimum atomic E-state index is -2.66. The molecule has 3 aliphatic carbocycles. The van der Waals surface area contributed by atoms with Crippen molar-refractivity contribution in [2.75, 3.05) is 38.4 Å². The van der Waals surface area contributed by atoms with E-state index in [1.165, 1.54) is 6.92 Å². The second-order valence-electron chi connectivity index (χ2n) is 12.1. The Morgan fingerprint density at radius 2 is 1.77 bits per heavy atom. The summed E-state index contributed by atoms with van der Waals surface area (Å²) in [5.41, 5.74) is 4.96. The molecule has 2 aromatic rings. The van der Waals surface area contributed by atoms with Crippen molar-refractivity contribution in [1.82, 2.24) is 4.90 Å². The molecule has 1 fully saturated rings. The molecule has 6 atom stereocenters. The topological polar surface area (TPSA) is 194 Å². The number of aromatic hydroxyl groups is 1. The van der Waals surface area contributed by atoms with Crippen molar-refractivity contribution in [1.29, 1.82) is 0 Å². The van der Waals surface area contributed by atoms with Crippen molar-refractivity contribution in [3.63, 3.8) is 0 Å². The Bertz CT molecular complexity index is 1600. The van der Waals surface area contributed by atoms with Crippen molar-refractivity contribution in [2.24, 2.45) is 23.5 Å². The predicted octanol–water partition coefficient (Wildman–Crippen LogP) is 0.977. The monoisotopic (exact) mass is 592 g/mol. The average Bonchev–Trinajstić information content (AvgIpc) is 2.90. The number of allylic oxidation sites excluding steroid dienone is 1. The van der Waals surface area contributed by atoms with Crippen molar-refractivity contribution in [3.05, 3.63) is 52.8 Å². The SMILES string of the molecule is CC(=O)Nc1cccc(-c2cc(N(C)C)c3c(c2O)C(=O)C2=C(O)[C@]4(O)C(=O)C(C(N)=O)C(O)[C@@H](N(C)C)[C@@H]4C[C@@H]2C3)c1. The van der Waals surface area contributed by atoms with E-state index in [1.807, 2.05) is 0 Å². The van der Waals surface area contributed by atoms with Gasteiger partial charge in [-0.3, -0.25) is 19.2 Å². The lowest BCUT2D eigenvalue weighted by Crippen LogP contribution is -2.71. The number of primary amides is 1. The Morgan fingerprint density at radius 3 is 2.35 bits per heavy atom. The lowest BCUT2D eigenvalue weighted by atomic mass is 9.56. The molecule has 0 aliphatic heterocycles. The molecule has 2 aromatic carbocycles. The number of carbonyl (C=O) groups is 4. The summed E-state index contributed by atoms with van der Waals surface area (Å²) in [6.07, 6.45) is -1.32. The zero-order valence-electron chi connectivity index (χ0n) is 24.6. The van der Waals surface area contributed by atoms with Crippen molar-refractivity contribution in [2.45, 2.75) is 37.5 Å². The van der Waals surface area contributed by atoms with Crippen molar-refractivity contribution >= 4 is 34.8 Å². The summed E-state index contributed by atoms with van der Waals surface area (Å²) >= 11 is 0. The van der Waals surface area contributed by atoms with Crippen LogP contribution in [0.5, 0.6) is 5.75 Å². The molecule has 5 rings (SSSR count). The largest absolute Gasteiger partial charge is 0.508 e. The van der Waals surface area contributed by atoms with Crippen LogP contribution in [-0.4, -0.2) is 94.6 Å². The second kappa shape index (κ2) is 10.5. The Kier molecular flexibility index (Phi) is 7.36. The summed E-state index contributed by atoms with van der Waals surface area (Å²) in [5, 5.41) is 48.8. The average molecular weight is 593 g/mol. The first-order chi connectivity index (χ1) is 20.1. The van der Waals surface area contributed by atoms with E-state index in [0.717, 1.165) is 0 Å². The third-order valence-corrected chi connectivity index (χ3v) is 9.05. The summed E-state index contributed by atoms with van der Waals surface area (Å²) in [5.74, 6) is -8.13. The van der Waals surface area contributed by atoms with E-state index in [4.69, 9.17) is 5.73 Å². The third-order valence-electron chi connectivity index (χ3n) is 9.05. The van der Waals surface area contributed by atoms with Crippen LogP contribution in [0.3, 0.4) is 0 Å². The number of aliphatic hydroxyl groups is 3. The lowest BCUT2D eigenvalue weighted by molar-refractivity contribution is -0.178. The Labute approximate surface area is 248 Å². The fourth-order valence-corrected chi connectivity index (χ4v) is 7.24. The number of aliphatic hydroxyl groups excluding tert-OH is 2. The molecule has 43 heavy (non-hydrogen) atoms. The molecule has 0 spiro atoms. The summed E-state index contributed by atoms with van der Waals surface area (Å²) in [6.45, 7) is 1.37. The maximum Gasteiger partial charge on any atom is 0.230 e. The molecular formula is C31H36N4O8. The summed E-state index contributed by atoms with van der Waals surface area (Å²) < 4.78 is 0. The molecule has 0 bridgehead atoms. The summed E-state index contributed by atoms with van der Waals surface area (Å²) in [7, 11) is 6.81. The molecule has 228 valence electrons. The first kappa shape index (κ1) is 30.2. The molecule has 0 saturated heterocycles. The highest BCUT2D eigenvalue weighted by Gasteiger charge is 2.66. The highest BCUT2D eigenvalue weighted by Crippen LogP contribution is 2.54. The fourth-order valence-electron chi connectivity index (χ4n) is 7.24. The number of fused-ring (bicyclic) bond motifs is 3. The molecule has 1 saturated carbocycles. The number of hydrogen-bond donors (Lipinski definition) is 6. The number of Topliss-reactive ketones (excluding diaryl/α,β-unsaturated/α-hetero) is 2. The molecule has 2 amide bonds. The van der Waals surface area contributed by atoms with E-state index in [0.29, 0.717) is 28.1 Å². The van der Waals surface area contributed by atoms with Gasteiger partial charge in [-0.05, 0) is 62.2 Å². The first-order valence-corrected chi connectivity index (χ1v) is 13.9. The van der Waals surface area contributed by atoms with Gasteiger partial charge in [-0.15, -0.1) is 0 Å². The summed E-state index contributed by atoms with van der Waals surface area (Å²) in [6, 6.07) is 7.54. The molecular weight excluding hydrogens is 556 g/mol. The van der Waals surface area contributed by atoms with Gasteiger partial charge >= 0.3 is 0 Å². The van der Waals surface area contributed by atoms with Gasteiger partial charge in [0.1, 0.15) is 17.4 Å². The fraction of sp³-hybridized carbons (Fsp3) is 0.419. The number of rotatable bonds is 5. The Balaban J connectivity index is 1.72. The smallest absolute Gasteiger partial charge is 0.230 e. The zero-order chi connectivity index (χ0) is 31.7. The number of anilines is 2. The molecule has 7 N–H and O–H groups in total. The van der Waals surface area contributed by atoms with Gasteiger partial charge in [0.2, 0.25) is 11.8 Å². The minimum Gasteiger partial charge on any atom is -0.508 e. The highest BCUT2D eigenvalue weighted by molar-refractivity contribution is 6.17. The van der Waals surface area contributed by atoms with Gasteiger partial charge in [0.05, 0.1) is 11.7 Å². The number of phenols is 1. The number of carbonyl (C=O) groups excluding carboxylic acids is 4. The van der Waals surface area contributed by atoms with Crippen LogP contribution < -0.4 is 16.0 Å². The summed E-state index contributed by atoms with van der Waals surface area (Å²) in [4.78, 5) is 55.1. The minimum absolute atomic E-state index is 0.0341. The molecule has 3 aliphatic rings. The number of ketones is 2. The number of benzene rings is 2. The van der Waals surface area contributed by atoms with E-state index in [1.54, 1.807) is 68.3 Å². The first-order valence-electron chi connectivity index (χ1n) is 13.9. The van der Waals surface area contributed by atoms with Gasteiger partial charge in [0, 0.05) is 55.5 Å². The third kappa shape index (κ3) is 4.48. The number of nitrogens with zero attached hydrogens (tertiary/aromatic N) is 2.